The van der Waals surface area contributed by atoms with Crippen LogP contribution in [0.25, 0.3) is 0 Å². The van der Waals surface area contributed by atoms with Crippen LogP contribution in [-0.2, 0) is 0 Å². The molecule has 19 heavy (non-hydrogen) atoms. The van der Waals surface area contributed by atoms with Crippen molar-refractivity contribution in [3.05, 3.63) is 0 Å². The predicted molar refractivity (Wildman–Crippen MR) is 74.5 cm³/mol. The van der Waals surface area contributed by atoms with Crippen molar-refractivity contribution >= 4 is 0 Å². The Balaban J connectivity index is 1.68. The summed E-state index contributed by atoms with van der Waals surface area (Å²) < 4.78 is 0. The SMILES string of the molecule is N#CC1CCCCC1N1CCC2(O)CCCCC2C1. The Bertz CT molecular complexity index is 364. The van der Waals surface area contributed by atoms with E-state index in [0.717, 1.165) is 32.4 Å². The number of nitrogens with zero attached hydrogens (tertiary/aromatic N) is 2. The molecule has 1 N–H and O–H groups in total. The van der Waals surface area contributed by atoms with Gasteiger partial charge in [0.2, 0.25) is 0 Å². The number of aliphatic hydroxyl groups is 1. The van der Waals surface area contributed by atoms with E-state index in [2.05, 4.69) is 11.0 Å². The molecule has 106 valence electrons. The summed E-state index contributed by atoms with van der Waals surface area (Å²) in [5.74, 6) is 0.680. The Labute approximate surface area is 116 Å². The normalized spacial score (nSPS) is 44.3. The van der Waals surface area contributed by atoms with Crippen molar-refractivity contribution in [2.45, 2.75) is 69.4 Å². The van der Waals surface area contributed by atoms with Crippen molar-refractivity contribution in [2.24, 2.45) is 11.8 Å². The van der Waals surface area contributed by atoms with E-state index in [1.165, 1.54) is 38.5 Å². The molecule has 4 unspecified atom stereocenters. The van der Waals surface area contributed by atoms with Crippen LogP contribution < -0.4 is 0 Å². The van der Waals surface area contributed by atoms with E-state index in [-0.39, 0.29) is 11.5 Å². The van der Waals surface area contributed by atoms with Gasteiger partial charge in [-0.05, 0) is 32.1 Å². The van der Waals surface area contributed by atoms with E-state index in [9.17, 15) is 10.4 Å². The molecule has 1 aliphatic heterocycles. The second-order valence-corrected chi connectivity index (χ2v) is 6.88. The molecule has 0 aromatic carbocycles. The fourth-order valence-electron chi connectivity index (χ4n) is 4.60. The minimum absolute atomic E-state index is 0.225. The number of nitriles is 1. The van der Waals surface area contributed by atoms with Crippen LogP contribution in [0.3, 0.4) is 0 Å². The number of likely N-dealkylation sites (tertiary alicyclic amines) is 1. The third kappa shape index (κ3) is 2.53. The molecule has 3 aliphatic rings. The Morgan fingerprint density at radius 1 is 1.05 bits per heavy atom. The number of hydrogen-bond donors (Lipinski definition) is 1. The maximum absolute atomic E-state index is 10.7. The molecule has 3 rings (SSSR count). The number of rotatable bonds is 1. The first-order valence-electron chi connectivity index (χ1n) is 8.09. The molecule has 0 aromatic rings. The van der Waals surface area contributed by atoms with Crippen LogP contribution >= 0.6 is 0 Å². The zero-order valence-electron chi connectivity index (χ0n) is 11.9. The summed E-state index contributed by atoms with van der Waals surface area (Å²) in [6.45, 7) is 2.02. The highest BCUT2D eigenvalue weighted by atomic mass is 16.3. The Kier molecular flexibility index (Phi) is 3.82. The standard InChI is InChI=1S/C16H26N2O/c17-11-13-5-1-2-7-15(13)18-10-9-16(19)8-4-3-6-14(16)12-18/h13-15,19H,1-10,12H2. The van der Waals surface area contributed by atoms with Gasteiger partial charge in [-0.15, -0.1) is 0 Å². The number of hydrogen-bond acceptors (Lipinski definition) is 3. The van der Waals surface area contributed by atoms with Crippen molar-refractivity contribution in [2.75, 3.05) is 13.1 Å². The predicted octanol–water partition coefficient (Wildman–Crippen LogP) is 2.70. The molecule has 1 heterocycles. The second-order valence-electron chi connectivity index (χ2n) is 6.88. The Hall–Kier alpha value is -0.590. The van der Waals surface area contributed by atoms with Crippen LogP contribution in [0.4, 0.5) is 0 Å². The fraction of sp³-hybridized carbons (Fsp3) is 0.938. The lowest BCUT2D eigenvalue weighted by Crippen LogP contribution is -2.57. The monoisotopic (exact) mass is 262 g/mol. The summed E-state index contributed by atoms with van der Waals surface area (Å²) in [6, 6.07) is 2.99. The lowest BCUT2D eigenvalue weighted by atomic mass is 9.70. The molecule has 1 saturated heterocycles. The van der Waals surface area contributed by atoms with Gasteiger partial charge < -0.3 is 5.11 Å². The average molecular weight is 262 g/mol. The third-order valence-corrected chi connectivity index (χ3v) is 5.82. The summed E-state index contributed by atoms with van der Waals surface area (Å²) >= 11 is 0. The van der Waals surface area contributed by atoms with Crippen LogP contribution in [0.1, 0.15) is 57.8 Å². The van der Waals surface area contributed by atoms with E-state index in [1.807, 2.05) is 0 Å². The van der Waals surface area contributed by atoms with E-state index in [1.54, 1.807) is 0 Å². The molecule has 2 aliphatic carbocycles. The molecule has 0 spiro atoms. The highest BCUT2D eigenvalue weighted by molar-refractivity contribution is 5.01. The molecule has 0 amide bonds. The van der Waals surface area contributed by atoms with Gasteiger partial charge in [-0.3, -0.25) is 4.90 Å². The lowest BCUT2D eigenvalue weighted by molar-refractivity contribution is -0.107. The smallest absolute Gasteiger partial charge is 0.0700 e. The van der Waals surface area contributed by atoms with E-state index < -0.39 is 0 Å². The first-order valence-corrected chi connectivity index (χ1v) is 8.09. The molecule has 3 fully saturated rings. The van der Waals surface area contributed by atoms with Gasteiger partial charge in [-0.1, -0.05) is 25.7 Å². The van der Waals surface area contributed by atoms with Crippen molar-refractivity contribution < 1.29 is 5.11 Å². The first-order chi connectivity index (χ1) is 9.23. The van der Waals surface area contributed by atoms with E-state index in [0.29, 0.717) is 12.0 Å². The fourth-order valence-corrected chi connectivity index (χ4v) is 4.60. The van der Waals surface area contributed by atoms with Crippen LogP contribution in [-0.4, -0.2) is 34.7 Å². The highest BCUT2D eigenvalue weighted by Gasteiger charge is 2.45. The highest BCUT2D eigenvalue weighted by Crippen LogP contribution is 2.41. The molecule has 4 atom stereocenters. The summed E-state index contributed by atoms with van der Waals surface area (Å²) in [5.41, 5.74) is -0.383. The molecular formula is C16H26N2O. The van der Waals surface area contributed by atoms with Crippen LogP contribution in [0.2, 0.25) is 0 Å². The number of fused-ring (bicyclic) bond motifs is 1. The van der Waals surface area contributed by atoms with Crippen molar-refractivity contribution in [3.8, 4) is 6.07 Å². The van der Waals surface area contributed by atoms with Crippen LogP contribution in [0, 0.1) is 23.2 Å². The minimum Gasteiger partial charge on any atom is -0.390 e. The maximum atomic E-state index is 10.7. The van der Waals surface area contributed by atoms with E-state index >= 15 is 0 Å². The summed E-state index contributed by atoms with van der Waals surface area (Å²) in [4.78, 5) is 2.54. The topological polar surface area (TPSA) is 47.3 Å². The maximum Gasteiger partial charge on any atom is 0.0700 e. The van der Waals surface area contributed by atoms with Gasteiger partial charge in [0.15, 0.2) is 0 Å². The van der Waals surface area contributed by atoms with Gasteiger partial charge in [-0.25, -0.2) is 0 Å². The van der Waals surface area contributed by atoms with Gasteiger partial charge in [-0.2, -0.15) is 5.26 Å². The summed E-state index contributed by atoms with van der Waals surface area (Å²) in [5, 5.41) is 20.1. The van der Waals surface area contributed by atoms with Gasteiger partial charge in [0.05, 0.1) is 17.6 Å². The Morgan fingerprint density at radius 2 is 1.84 bits per heavy atom. The van der Waals surface area contributed by atoms with Gasteiger partial charge in [0.1, 0.15) is 0 Å². The molecule has 0 bridgehead atoms. The molecule has 2 saturated carbocycles. The van der Waals surface area contributed by atoms with Crippen molar-refractivity contribution in [3.63, 3.8) is 0 Å². The summed E-state index contributed by atoms with van der Waals surface area (Å²) in [7, 11) is 0. The molecule has 0 radical (unpaired) electrons. The van der Waals surface area contributed by atoms with Crippen LogP contribution in [0.15, 0.2) is 0 Å². The van der Waals surface area contributed by atoms with Crippen molar-refractivity contribution in [1.29, 1.82) is 5.26 Å². The zero-order valence-corrected chi connectivity index (χ0v) is 11.9. The van der Waals surface area contributed by atoms with Gasteiger partial charge in [0.25, 0.3) is 0 Å². The lowest BCUT2D eigenvalue weighted by Gasteiger charge is -2.50. The zero-order chi connectivity index (χ0) is 13.3. The van der Waals surface area contributed by atoms with Crippen LogP contribution in [0.5, 0.6) is 0 Å². The van der Waals surface area contributed by atoms with E-state index in [4.69, 9.17) is 0 Å². The van der Waals surface area contributed by atoms with Gasteiger partial charge >= 0.3 is 0 Å². The summed E-state index contributed by atoms with van der Waals surface area (Å²) in [6.07, 6.45) is 10.3. The number of piperidine rings is 1. The molecule has 3 nitrogen and oxygen atoms in total. The quantitative estimate of drug-likeness (QED) is 0.790. The Morgan fingerprint density at radius 3 is 2.68 bits per heavy atom. The largest absolute Gasteiger partial charge is 0.390 e. The molecule has 0 aromatic heterocycles. The molecule has 3 heteroatoms. The second kappa shape index (κ2) is 5.42. The van der Waals surface area contributed by atoms with Crippen molar-refractivity contribution in [1.82, 2.24) is 4.90 Å². The van der Waals surface area contributed by atoms with Gasteiger partial charge in [0, 0.05) is 25.0 Å². The minimum atomic E-state index is -0.383. The third-order valence-electron chi connectivity index (χ3n) is 5.82. The average Bonchev–Trinajstić information content (AvgIpc) is 2.46. The molecular weight excluding hydrogens is 236 g/mol. The first kappa shape index (κ1) is 13.4.